The lowest BCUT2D eigenvalue weighted by molar-refractivity contribution is -0.122. The van der Waals surface area contributed by atoms with E-state index in [0.717, 1.165) is 15.3 Å². The molecule has 0 aliphatic carbocycles. The zero-order chi connectivity index (χ0) is 23.5. The fraction of sp³-hybridized carbons (Fsp3) is 0.200. The Morgan fingerprint density at radius 3 is 2.48 bits per heavy atom. The average Bonchev–Trinajstić information content (AvgIpc) is 3.39. The van der Waals surface area contributed by atoms with E-state index >= 15 is 0 Å². The summed E-state index contributed by atoms with van der Waals surface area (Å²) in [5.41, 5.74) is 2.38. The van der Waals surface area contributed by atoms with Crippen molar-refractivity contribution in [3.63, 3.8) is 0 Å². The van der Waals surface area contributed by atoms with Crippen molar-refractivity contribution in [1.82, 2.24) is 4.90 Å². The van der Waals surface area contributed by atoms with Gasteiger partial charge in [0.15, 0.2) is 0 Å². The van der Waals surface area contributed by atoms with E-state index in [0.29, 0.717) is 16.9 Å². The van der Waals surface area contributed by atoms with Gasteiger partial charge in [0.1, 0.15) is 6.04 Å². The molecule has 1 N–H and O–H groups in total. The van der Waals surface area contributed by atoms with E-state index in [4.69, 9.17) is 0 Å². The summed E-state index contributed by atoms with van der Waals surface area (Å²) < 4.78 is 0. The fourth-order valence-electron chi connectivity index (χ4n) is 3.87. The van der Waals surface area contributed by atoms with Crippen LogP contribution in [0.5, 0.6) is 0 Å². The topological polar surface area (TPSA) is 86.8 Å². The molecule has 2 aromatic carbocycles. The summed E-state index contributed by atoms with van der Waals surface area (Å²) in [4.78, 5) is 54.5. The summed E-state index contributed by atoms with van der Waals surface area (Å²) in [5.74, 6) is -1.31. The summed E-state index contributed by atoms with van der Waals surface area (Å²) in [6.07, 6.45) is -0.0881. The Morgan fingerprint density at radius 2 is 1.85 bits per heavy atom. The Bertz CT molecular complexity index is 1200. The first-order chi connectivity index (χ1) is 15.8. The number of imide groups is 1. The lowest BCUT2D eigenvalue weighted by Crippen LogP contribution is -2.45. The Kier molecular flexibility index (Phi) is 6.37. The number of nitrogens with one attached hydrogen (secondary N) is 1. The molecule has 0 saturated carbocycles. The quantitative estimate of drug-likeness (QED) is 0.563. The number of nitrogens with zero attached hydrogens (tertiary/aromatic N) is 2. The first-order valence-corrected chi connectivity index (χ1v) is 11.4. The minimum atomic E-state index is -0.900. The van der Waals surface area contributed by atoms with Crippen LogP contribution >= 0.6 is 11.3 Å². The molecule has 1 atom stereocenters. The monoisotopic (exact) mass is 461 g/mol. The summed E-state index contributed by atoms with van der Waals surface area (Å²) in [6, 6.07) is 16.6. The minimum absolute atomic E-state index is 0.0881. The fourth-order valence-corrected chi connectivity index (χ4v) is 4.57. The van der Waals surface area contributed by atoms with Gasteiger partial charge in [-0.05, 0) is 54.8 Å². The van der Waals surface area contributed by atoms with Crippen LogP contribution in [0.1, 0.15) is 34.1 Å². The van der Waals surface area contributed by atoms with Crippen LogP contribution in [0.2, 0.25) is 0 Å². The minimum Gasteiger partial charge on any atom is -0.326 e. The van der Waals surface area contributed by atoms with Gasteiger partial charge in [0.25, 0.3) is 11.8 Å². The van der Waals surface area contributed by atoms with E-state index in [9.17, 15) is 19.2 Å². The number of hydrogen-bond acceptors (Lipinski definition) is 5. The number of aryl methyl sites for hydroxylation is 1. The zero-order valence-electron chi connectivity index (χ0n) is 18.3. The highest BCUT2D eigenvalue weighted by Gasteiger charge is 2.44. The lowest BCUT2D eigenvalue weighted by atomic mass is 10.1. The van der Waals surface area contributed by atoms with Crippen molar-refractivity contribution in [2.75, 3.05) is 10.2 Å². The lowest BCUT2D eigenvalue weighted by Gasteiger charge is -2.27. The first-order valence-electron chi connectivity index (χ1n) is 10.5. The molecule has 8 heteroatoms. The highest BCUT2D eigenvalue weighted by Crippen LogP contribution is 2.29. The number of benzene rings is 2. The standard InChI is InChI=1S/C25H23N3O4S/c1-16-5-3-6-18(13-16)24(31)27(15-21-7-4-12-33-21)22-14-23(30)28(25(22)32)20-10-8-19(9-11-20)26-17(2)29/h3-13,22H,14-15H2,1-2H3,(H,26,29). The molecule has 1 fully saturated rings. The molecule has 0 bridgehead atoms. The van der Waals surface area contributed by atoms with Gasteiger partial charge in [-0.1, -0.05) is 23.8 Å². The smallest absolute Gasteiger partial charge is 0.257 e. The van der Waals surface area contributed by atoms with Crippen molar-refractivity contribution in [2.24, 2.45) is 0 Å². The number of carbonyl (C=O) groups excluding carboxylic acids is 4. The van der Waals surface area contributed by atoms with Crippen molar-refractivity contribution in [3.8, 4) is 0 Å². The summed E-state index contributed by atoms with van der Waals surface area (Å²) in [6.45, 7) is 3.54. The molecule has 7 nitrogen and oxygen atoms in total. The van der Waals surface area contributed by atoms with E-state index < -0.39 is 11.9 Å². The van der Waals surface area contributed by atoms with Crippen LogP contribution in [0.25, 0.3) is 0 Å². The first kappa shape index (κ1) is 22.4. The molecule has 4 rings (SSSR count). The van der Waals surface area contributed by atoms with Crippen LogP contribution in [0.3, 0.4) is 0 Å². The third kappa shape index (κ3) is 4.85. The molecule has 33 heavy (non-hydrogen) atoms. The van der Waals surface area contributed by atoms with Crippen molar-refractivity contribution in [2.45, 2.75) is 32.9 Å². The zero-order valence-corrected chi connectivity index (χ0v) is 19.1. The molecular formula is C25H23N3O4S. The van der Waals surface area contributed by atoms with Crippen LogP contribution < -0.4 is 10.2 Å². The summed E-state index contributed by atoms with van der Waals surface area (Å²) in [7, 11) is 0. The number of carbonyl (C=O) groups is 4. The maximum atomic E-state index is 13.5. The molecule has 1 aliphatic rings. The highest BCUT2D eigenvalue weighted by molar-refractivity contribution is 7.09. The SMILES string of the molecule is CC(=O)Nc1ccc(N2C(=O)CC(N(Cc3cccs3)C(=O)c3cccc(C)c3)C2=O)cc1. The van der Waals surface area contributed by atoms with Gasteiger partial charge < -0.3 is 10.2 Å². The van der Waals surface area contributed by atoms with Crippen molar-refractivity contribution in [1.29, 1.82) is 0 Å². The number of hydrogen-bond donors (Lipinski definition) is 1. The second-order valence-corrected chi connectivity index (χ2v) is 8.93. The van der Waals surface area contributed by atoms with Gasteiger partial charge in [-0.3, -0.25) is 19.2 Å². The Labute approximate surface area is 195 Å². The highest BCUT2D eigenvalue weighted by atomic mass is 32.1. The second-order valence-electron chi connectivity index (χ2n) is 7.90. The van der Waals surface area contributed by atoms with E-state index in [1.807, 2.05) is 30.5 Å². The number of rotatable bonds is 6. The molecule has 2 heterocycles. The van der Waals surface area contributed by atoms with Gasteiger partial charge >= 0.3 is 0 Å². The third-order valence-electron chi connectivity index (χ3n) is 5.38. The van der Waals surface area contributed by atoms with Gasteiger partial charge in [-0.15, -0.1) is 11.3 Å². The number of amides is 4. The van der Waals surface area contributed by atoms with E-state index in [1.54, 1.807) is 42.5 Å². The van der Waals surface area contributed by atoms with Crippen LogP contribution in [0.15, 0.2) is 66.0 Å². The van der Waals surface area contributed by atoms with Crippen molar-refractivity contribution >= 4 is 46.3 Å². The van der Waals surface area contributed by atoms with Gasteiger partial charge in [0.2, 0.25) is 11.8 Å². The molecule has 4 amide bonds. The predicted octanol–water partition coefficient (Wildman–Crippen LogP) is 3.99. The Balaban J connectivity index is 1.63. The average molecular weight is 462 g/mol. The molecule has 1 unspecified atom stereocenters. The molecule has 0 spiro atoms. The van der Waals surface area contributed by atoms with Gasteiger partial charge in [-0.25, -0.2) is 4.90 Å². The molecule has 168 valence electrons. The Morgan fingerprint density at radius 1 is 1.09 bits per heavy atom. The van der Waals surface area contributed by atoms with E-state index in [2.05, 4.69) is 5.32 Å². The maximum Gasteiger partial charge on any atom is 0.257 e. The predicted molar refractivity (Wildman–Crippen MR) is 127 cm³/mol. The van der Waals surface area contributed by atoms with Gasteiger partial charge in [0, 0.05) is 23.1 Å². The number of anilines is 2. The van der Waals surface area contributed by atoms with Crippen LogP contribution in [-0.2, 0) is 20.9 Å². The van der Waals surface area contributed by atoms with Crippen LogP contribution in [0.4, 0.5) is 11.4 Å². The van der Waals surface area contributed by atoms with Gasteiger partial charge in [-0.2, -0.15) is 0 Å². The van der Waals surface area contributed by atoms with Gasteiger partial charge in [0.05, 0.1) is 18.7 Å². The Hall–Kier alpha value is -3.78. The molecule has 3 aromatic rings. The van der Waals surface area contributed by atoms with E-state index in [-0.39, 0.29) is 30.7 Å². The van der Waals surface area contributed by atoms with E-state index in [1.165, 1.54) is 23.2 Å². The normalized spacial score (nSPS) is 15.6. The van der Waals surface area contributed by atoms with Crippen LogP contribution in [0, 0.1) is 6.92 Å². The number of thiophene rings is 1. The molecule has 1 aromatic heterocycles. The molecule has 0 radical (unpaired) electrons. The van der Waals surface area contributed by atoms with Crippen LogP contribution in [-0.4, -0.2) is 34.6 Å². The third-order valence-corrected chi connectivity index (χ3v) is 6.24. The second kappa shape index (κ2) is 9.38. The largest absolute Gasteiger partial charge is 0.326 e. The molecule has 1 aliphatic heterocycles. The summed E-state index contributed by atoms with van der Waals surface area (Å²) >= 11 is 1.49. The molecule has 1 saturated heterocycles. The summed E-state index contributed by atoms with van der Waals surface area (Å²) in [5, 5.41) is 4.57. The van der Waals surface area contributed by atoms with Crippen molar-refractivity contribution in [3.05, 3.63) is 82.0 Å². The van der Waals surface area contributed by atoms with Crippen molar-refractivity contribution < 1.29 is 19.2 Å². The maximum absolute atomic E-state index is 13.5. The molecular weight excluding hydrogens is 438 g/mol.